The molecule has 0 saturated carbocycles. The van der Waals surface area contributed by atoms with Gasteiger partial charge in [0.2, 0.25) is 5.88 Å². The number of ether oxygens (including phenoxy) is 1. The van der Waals surface area contributed by atoms with Crippen molar-refractivity contribution in [3.63, 3.8) is 0 Å². The van der Waals surface area contributed by atoms with E-state index in [-0.39, 0.29) is 0 Å². The zero-order chi connectivity index (χ0) is 12.3. The number of rotatable bonds is 3. The molecule has 0 spiro atoms. The highest BCUT2D eigenvalue weighted by Crippen LogP contribution is 2.32. The van der Waals surface area contributed by atoms with E-state index in [2.05, 4.69) is 4.98 Å². The van der Waals surface area contributed by atoms with Crippen molar-refractivity contribution < 1.29 is 4.74 Å². The Balaban J connectivity index is 2.29. The Morgan fingerprint density at radius 1 is 1.29 bits per heavy atom. The average molecular weight is 267 g/mol. The summed E-state index contributed by atoms with van der Waals surface area (Å²) in [5.41, 5.74) is 6.48. The Hall–Kier alpha value is -1.39. The van der Waals surface area contributed by atoms with Crippen LogP contribution in [0, 0.1) is 0 Å². The Bertz CT molecular complexity index is 534. The largest absolute Gasteiger partial charge is 0.481 e. The number of hydrogen-bond acceptors (Lipinski definition) is 4. The van der Waals surface area contributed by atoms with Gasteiger partial charge in [0.15, 0.2) is 0 Å². The van der Waals surface area contributed by atoms with E-state index in [1.807, 2.05) is 24.3 Å². The van der Waals surface area contributed by atoms with Gasteiger partial charge in [-0.3, -0.25) is 0 Å². The molecule has 0 unspecified atom stereocenters. The summed E-state index contributed by atoms with van der Waals surface area (Å²) in [5, 5.41) is 1.41. The number of nitrogens with zero attached hydrogens (tertiary/aromatic N) is 1. The molecule has 17 heavy (non-hydrogen) atoms. The molecule has 0 radical (unpaired) electrons. The van der Waals surface area contributed by atoms with Crippen molar-refractivity contribution in [2.45, 2.75) is 9.92 Å². The molecule has 0 aliphatic rings. The Morgan fingerprint density at radius 3 is 2.82 bits per heavy atom. The molecule has 1 aromatic carbocycles. The third-order valence-corrected chi connectivity index (χ3v) is 3.33. The number of halogens is 1. The van der Waals surface area contributed by atoms with E-state index < -0.39 is 0 Å². The van der Waals surface area contributed by atoms with Crippen LogP contribution in [0.2, 0.25) is 5.02 Å². The van der Waals surface area contributed by atoms with E-state index in [1.165, 1.54) is 11.8 Å². The van der Waals surface area contributed by atoms with Crippen LogP contribution in [0.25, 0.3) is 0 Å². The maximum absolute atomic E-state index is 5.92. The molecular weight excluding hydrogens is 256 g/mol. The quantitative estimate of drug-likeness (QED) is 0.924. The molecule has 88 valence electrons. The van der Waals surface area contributed by atoms with Gasteiger partial charge in [-0.25, -0.2) is 4.98 Å². The van der Waals surface area contributed by atoms with Gasteiger partial charge >= 0.3 is 0 Å². The highest BCUT2D eigenvalue weighted by molar-refractivity contribution is 7.99. The molecule has 3 nitrogen and oxygen atoms in total. The molecule has 0 aliphatic carbocycles. The molecule has 2 rings (SSSR count). The smallest absolute Gasteiger partial charge is 0.214 e. The van der Waals surface area contributed by atoms with E-state index in [0.29, 0.717) is 21.6 Å². The summed E-state index contributed by atoms with van der Waals surface area (Å²) in [5.74, 6) is 0.545. The van der Waals surface area contributed by atoms with Crippen molar-refractivity contribution in [2.75, 3.05) is 12.8 Å². The summed E-state index contributed by atoms with van der Waals surface area (Å²) < 4.78 is 5.07. The predicted octanol–water partition coefficient (Wildman–Crippen LogP) is 3.48. The van der Waals surface area contributed by atoms with Crippen LogP contribution >= 0.6 is 23.4 Å². The zero-order valence-electron chi connectivity index (χ0n) is 9.18. The minimum absolute atomic E-state index is 0.545. The molecule has 1 heterocycles. The summed E-state index contributed by atoms with van der Waals surface area (Å²) in [6.07, 6.45) is 0. The molecule has 0 atom stereocenters. The fourth-order valence-corrected chi connectivity index (χ4v) is 2.40. The van der Waals surface area contributed by atoms with Crippen molar-refractivity contribution in [3.05, 3.63) is 41.4 Å². The van der Waals surface area contributed by atoms with Crippen molar-refractivity contribution >= 4 is 29.1 Å². The number of pyridine rings is 1. The van der Waals surface area contributed by atoms with E-state index in [9.17, 15) is 0 Å². The standard InChI is InChI=1S/C12H11ClN2OS/c1-16-11-6-5-10(14)12(15-11)17-9-4-2-3-8(13)7-9/h2-7H,14H2,1H3. The molecule has 0 amide bonds. The van der Waals surface area contributed by atoms with E-state index in [1.54, 1.807) is 19.2 Å². The van der Waals surface area contributed by atoms with Gasteiger partial charge in [0, 0.05) is 16.0 Å². The van der Waals surface area contributed by atoms with Crippen molar-refractivity contribution in [1.29, 1.82) is 0 Å². The lowest BCUT2D eigenvalue weighted by Gasteiger charge is -2.06. The molecule has 0 bridgehead atoms. The van der Waals surface area contributed by atoms with Crippen LogP contribution in [0.3, 0.4) is 0 Å². The van der Waals surface area contributed by atoms with E-state index in [4.69, 9.17) is 22.1 Å². The number of anilines is 1. The fraction of sp³-hybridized carbons (Fsp3) is 0.0833. The number of nitrogen functional groups attached to an aromatic ring is 1. The maximum Gasteiger partial charge on any atom is 0.214 e. The second-order valence-electron chi connectivity index (χ2n) is 3.31. The van der Waals surface area contributed by atoms with Gasteiger partial charge in [-0.1, -0.05) is 29.4 Å². The first-order valence-electron chi connectivity index (χ1n) is 4.93. The average Bonchev–Trinajstić information content (AvgIpc) is 2.32. The minimum Gasteiger partial charge on any atom is -0.481 e. The highest BCUT2D eigenvalue weighted by Gasteiger charge is 2.06. The SMILES string of the molecule is COc1ccc(N)c(Sc2cccc(Cl)c2)n1. The Morgan fingerprint density at radius 2 is 2.12 bits per heavy atom. The van der Waals surface area contributed by atoms with Gasteiger partial charge < -0.3 is 10.5 Å². The van der Waals surface area contributed by atoms with Crippen LogP contribution < -0.4 is 10.5 Å². The number of aromatic nitrogens is 1. The van der Waals surface area contributed by atoms with Crippen LogP contribution in [0.15, 0.2) is 46.3 Å². The summed E-state index contributed by atoms with van der Waals surface area (Å²) in [7, 11) is 1.58. The number of methoxy groups -OCH3 is 1. The Kier molecular flexibility index (Phi) is 3.76. The Labute approximate surface area is 109 Å². The maximum atomic E-state index is 5.92. The van der Waals surface area contributed by atoms with Crippen LogP contribution in [-0.2, 0) is 0 Å². The van der Waals surface area contributed by atoms with Crippen molar-refractivity contribution in [2.24, 2.45) is 0 Å². The number of hydrogen-bond donors (Lipinski definition) is 1. The van der Waals surface area contributed by atoms with Crippen LogP contribution in [-0.4, -0.2) is 12.1 Å². The second-order valence-corrected chi connectivity index (χ2v) is 4.81. The van der Waals surface area contributed by atoms with Gasteiger partial charge in [-0.05, 0) is 24.3 Å². The van der Waals surface area contributed by atoms with Crippen LogP contribution in [0.1, 0.15) is 0 Å². The van der Waals surface area contributed by atoms with E-state index in [0.717, 1.165) is 4.90 Å². The van der Waals surface area contributed by atoms with E-state index >= 15 is 0 Å². The topological polar surface area (TPSA) is 48.1 Å². The zero-order valence-corrected chi connectivity index (χ0v) is 10.8. The van der Waals surface area contributed by atoms with Gasteiger partial charge in [0.1, 0.15) is 5.03 Å². The van der Waals surface area contributed by atoms with Crippen molar-refractivity contribution in [3.8, 4) is 5.88 Å². The summed E-state index contributed by atoms with van der Waals surface area (Å²) >= 11 is 7.38. The van der Waals surface area contributed by atoms with Gasteiger partial charge in [-0.15, -0.1) is 0 Å². The second kappa shape index (κ2) is 5.29. The molecule has 0 aliphatic heterocycles. The van der Waals surface area contributed by atoms with Crippen molar-refractivity contribution in [1.82, 2.24) is 4.98 Å². The first-order chi connectivity index (χ1) is 8.19. The molecule has 5 heteroatoms. The summed E-state index contributed by atoms with van der Waals surface area (Å²) in [4.78, 5) is 5.28. The lowest BCUT2D eigenvalue weighted by molar-refractivity contribution is 0.395. The molecular formula is C12H11ClN2OS. The summed E-state index contributed by atoms with van der Waals surface area (Å²) in [6, 6.07) is 11.1. The molecule has 2 aromatic rings. The number of nitrogens with two attached hydrogens (primary N) is 1. The highest BCUT2D eigenvalue weighted by atomic mass is 35.5. The predicted molar refractivity (Wildman–Crippen MR) is 70.8 cm³/mol. The van der Waals surface area contributed by atoms with Gasteiger partial charge in [0.05, 0.1) is 12.8 Å². The third-order valence-electron chi connectivity index (χ3n) is 2.08. The van der Waals surface area contributed by atoms with Crippen LogP contribution in [0.4, 0.5) is 5.69 Å². The minimum atomic E-state index is 0.545. The van der Waals surface area contributed by atoms with Gasteiger partial charge in [0.25, 0.3) is 0 Å². The third kappa shape index (κ3) is 3.05. The first-order valence-corrected chi connectivity index (χ1v) is 6.12. The molecule has 1 aromatic heterocycles. The molecule has 0 saturated heterocycles. The first kappa shape index (κ1) is 12.1. The monoisotopic (exact) mass is 266 g/mol. The lowest BCUT2D eigenvalue weighted by atomic mass is 10.4. The van der Waals surface area contributed by atoms with Crippen LogP contribution in [0.5, 0.6) is 5.88 Å². The lowest BCUT2D eigenvalue weighted by Crippen LogP contribution is -1.94. The molecule has 2 N–H and O–H groups in total. The van der Waals surface area contributed by atoms with Gasteiger partial charge in [-0.2, -0.15) is 0 Å². The fourth-order valence-electron chi connectivity index (χ4n) is 1.27. The summed E-state index contributed by atoms with van der Waals surface area (Å²) in [6.45, 7) is 0. The molecule has 0 fully saturated rings. The number of benzene rings is 1. The normalized spacial score (nSPS) is 10.2.